The van der Waals surface area contributed by atoms with Gasteiger partial charge >= 0.3 is 0 Å². The summed E-state index contributed by atoms with van der Waals surface area (Å²) >= 11 is 5.94. The van der Waals surface area contributed by atoms with Crippen LogP contribution >= 0.6 is 11.6 Å². The number of halogens is 1. The molecule has 1 aromatic heterocycles. The van der Waals surface area contributed by atoms with Crippen molar-refractivity contribution in [1.29, 1.82) is 0 Å². The van der Waals surface area contributed by atoms with E-state index in [9.17, 15) is 0 Å². The summed E-state index contributed by atoms with van der Waals surface area (Å²) in [6.07, 6.45) is 0.950. The Morgan fingerprint density at radius 1 is 1.42 bits per heavy atom. The molecule has 0 bridgehead atoms. The van der Waals surface area contributed by atoms with E-state index in [1.807, 2.05) is 31.3 Å². The van der Waals surface area contributed by atoms with Gasteiger partial charge in [-0.05, 0) is 38.7 Å². The van der Waals surface area contributed by atoms with Crippen molar-refractivity contribution >= 4 is 11.6 Å². The van der Waals surface area contributed by atoms with Gasteiger partial charge in [0.15, 0.2) is 0 Å². The zero-order chi connectivity index (χ0) is 13.7. The van der Waals surface area contributed by atoms with Crippen LogP contribution < -0.4 is 5.73 Å². The third kappa shape index (κ3) is 4.02. The van der Waals surface area contributed by atoms with Crippen LogP contribution in [0.1, 0.15) is 12.3 Å². The van der Waals surface area contributed by atoms with Crippen molar-refractivity contribution in [3.63, 3.8) is 0 Å². The van der Waals surface area contributed by atoms with Gasteiger partial charge in [0.2, 0.25) is 11.7 Å². The number of hydrogen-bond acceptors (Lipinski definition) is 5. The van der Waals surface area contributed by atoms with E-state index < -0.39 is 0 Å². The molecule has 0 aliphatic rings. The van der Waals surface area contributed by atoms with E-state index in [1.54, 1.807) is 0 Å². The van der Waals surface area contributed by atoms with Gasteiger partial charge in [-0.3, -0.25) is 4.90 Å². The second-order valence-corrected chi connectivity index (χ2v) is 4.84. The van der Waals surface area contributed by atoms with Crippen LogP contribution in [0.15, 0.2) is 28.8 Å². The Morgan fingerprint density at radius 3 is 3.00 bits per heavy atom. The van der Waals surface area contributed by atoms with Gasteiger partial charge in [0, 0.05) is 10.6 Å². The topological polar surface area (TPSA) is 68.2 Å². The van der Waals surface area contributed by atoms with Crippen molar-refractivity contribution in [1.82, 2.24) is 15.0 Å². The largest absolute Gasteiger partial charge is 0.338 e. The van der Waals surface area contributed by atoms with E-state index in [2.05, 4.69) is 15.0 Å². The first kappa shape index (κ1) is 14.0. The molecule has 2 aromatic rings. The molecule has 1 heterocycles. The Labute approximate surface area is 117 Å². The molecule has 0 saturated carbocycles. The van der Waals surface area contributed by atoms with Gasteiger partial charge in [0.05, 0.1) is 6.54 Å². The molecule has 0 atom stereocenters. The van der Waals surface area contributed by atoms with Gasteiger partial charge < -0.3 is 10.3 Å². The molecule has 0 amide bonds. The first-order valence-electron chi connectivity index (χ1n) is 6.16. The lowest BCUT2D eigenvalue weighted by Crippen LogP contribution is -2.21. The molecule has 0 spiro atoms. The van der Waals surface area contributed by atoms with Crippen molar-refractivity contribution in [2.75, 3.05) is 20.1 Å². The van der Waals surface area contributed by atoms with Crippen LogP contribution in [-0.2, 0) is 6.54 Å². The van der Waals surface area contributed by atoms with E-state index in [4.69, 9.17) is 21.9 Å². The third-order valence-electron chi connectivity index (χ3n) is 2.70. The number of benzene rings is 1. The highest BCUT2D eigenvalue weighted by Gasteiger charge is 2.10. The standard InChI is InChI=1S/C13H17ClN4O/c1-18(7-3-6-15)9-12-16-13(17-19-12)10-4-2-5-11(14)8-10/h2,4-5,8H,3,6-7,9,15H2,1H3. The minimum Gasteiger partial charge on any atom is -0.338 e. The van der Waals surface area contributed by atoms with Crippen LogP contribution in [0, 0.1) is 0 Å². The summed E-state index contributed by atoms with van der Waals surface area (Å²) in [5, 5.41) is 4.62. The number of aromatic nitrogens is 2. The quantitative estimate of drug-likeness (QED) is 0.878. The molecule has 0 aliphatic carbocycles. The van der Waals surface area contributed by atoms with Crippen LogP contribution in [0.25, 0.3) is 11.4 Å². The predicted octanol–water partition coefficient (Wildman–Crippen LogP) is 2.17. The normalized spacial score (nSPS) is 11.2. The van der Waals surface area contributed by atoms with Crippen LogP contribution in [0.5, 0.6) is 0 Å². The monoisotopic (exact) mass is 280 g/mol. The SMILES string of the molecule is CN(CCCN)Cc1nc(-c2cccc(Cl)c2)no1. The van der Waals surface area contributed by atoms with Crippen LogP contribution in [0.4, 0.5) is 0 Å². The zero-order valence-corrected chi connectivity index (χ0v) is 11.6. The third-order valence-corrected chi connectivity index (χ3v) is 2.94. The highest BCUT2D eigenvalue weighted by molar-refractivity contribution is 6.30. The molecule has 1 aromatic carbocycles. The number of nitrogens with two attached hydrogens (primary N) is 1. The van der Waals surface area contributed by atoms with Crippen molar-refractivity contribution in [2.45, 2.75) is 13.0 Å². The summed E-state index contributed by atoms with van der Waals surface area (Å²) in [7, 11) is 2.00. The van der Waals surface area contributed by atoms with Gasteiger partial charge in [0.25, 0.3) is 0 Å². The maximum Gasteiger partial charge on any atom is 0.241 e. The lowest BCUT2D eigenvalue weighted by atomic mass is 10.2. The highest BCUT2D eigenvalue weighted by Crippen LogP contribution is 2.20. The fourth-order valence-electron chi connectivity index (χ4n) is 1.74. The highest BCUT2D eigenvalue weighted by atomic mass is 35.5. The molecule has 2 N–H and O–H groups in total. The molecule has 0 radical (unpaired) electrons. The molecule has 102 valence electrons. The van der Waals surface area contributed by atoms with Gasteiger partial charge in [-0.15, -0.1) is 0 Å². The summed E-state index contributed by atoms with van der Waals surface area (Å²) in [4.78, 5) is 6.46. The maximum absolute atomic E-state index is 5.94. The smallest absolute Gasteiger partial charge is 0.241 e. The van der Waals surface area contributed by atoms with Crippen molar-refractivity contribution < 1.29 is 4.52 Å². The fraction of sp³-hybridized carbons (Fsp3) is 0.385. The van der Waals surface area contributed by atoms with Crippen molar-refractivity contribution in [2.24, 2.45) is 5.73 Å². The molecule has 0 unspecified atom stereocenters. The van der Waals surface area contributed by atoms with Crippen molar-refractivity contribution in [3.05, 3.63) is 35.2 Å². The first-order chi connectivity index (χ1) is 9.19. The van der Waals surface area contributed by atoms with E-state index in [1.165, 1.54) is 0 Å². The van der Waals surface area contributed by atoms with E-state index in [0.29, 0.717) is 29.8 Å². The molecule has 0 aliphatic heterocycles. The molecule has 6 heteroatoms. The number of rotatable bonds is 6. The lowest BCUT2D eigenvalue weighted by molar-refractivity contribution is 0.265. The average molecular weight is 281 g/mol. The Bertz CT molecular complexity index is 529. The Kier molecular flexibility index (Phi) is 4.90. The van der Waals surface area contributed by atoms with Crippen LogP contribution in [0.2, 0.25) is 5.02 Å². The minimum absolute atomic E-state index is 0.560. The van der Waals surface area contributed by atoms with E-state index in [-0.39, 0.29) is 0 Å². The van der Waals surface area contributed by atoms with Crippen LogP contribution in [-0.4, -0.2) is 35.2 Å². The zero-order valence-electron chi connectivity index (χ0n) is 10.8. The summed E-state index contributed by atoms with van der Waals surface area (Å²) in [5.41, 5.74) is 6.33. The molecule has 19 heavy (non-hydrogen) atoms. The van der Waals surface area contributed by atoms with Gasteiger partial charge in [0.1, 0.15) is 0 Å². The fourth-order valence-corrected chi connectivity index (χ4v) is 1.93. The number of hydrogen-bond donors (Lipinski definition) is 1. The Hall–Kier alpha value is -1.43. The maximum atomic E-state index is 5.94. The van der Waals surface area contributed by atoms with Gasteiger partial charge in [-0.1, -0.05) is 28.9 Å². The molecule has 5 nitrogen and oxygen atoms in total. The predicted molar refractivity (Wildman–Crippen MR) is 74.7 cm³/mol. The average Bonchev–Trinajstić information content (AvgIpc) is 2.85. The summed E-state index contributed by atoms with van der Waals surface area (Å²) in [6.45, 7) is 2.21. The summed E-state index contributed by atoms with van der Waals surface area (Å²) < 4.78 is 5.23. The van der Waals surface area contributed by atoms with Gasteiger partial charge in [-0.25, -0.2) is 0 Å². The van der Waals surface area contributed by atoms with E-state index in [0.717, 1.165) is 18.5 Å². The molecular formula is C13H17ClN4O. The number of nitrogens with zero attached hydrogens (tertiary/aromatic N) is 3. The molecule has 0 fully saturated rings. The summed E-state index contributed by atoms with van der Waals surface area (Å²) in [6, 6.07) is 7.39. The molecular weight excluding hydrogens is 264 g/mol. The first-order valence-corrected chi connectivity index (χ1v) is 6.54. The summed E-state index contributed by atoms with van der Waals surface area (Å²) in [5.74, 6) is 1.15. The van der Waals surface area contributed by atoms with Gasteiger partial charge in [-0.2, -0.15) is 4.98 Å². The van der Waals surface area contributed by atoms with E-state index >= 15 is 0 Å². The molecule has 2 rings (SSSR count). The molecule has 0 saturated heterocycles. The Balaban J connectivity index is 2.03. The Morgan fingerprint density at radius 2 is 2.26 bits per heavy atom. The second kappa shape index (κ2) is 6.65. The minimum atomic E-state index is 0.560. The lowest BCUT2D eigenvalue weighted by Gasteiger charge is -2.12. The van der Waals surface area contributed by atoms with Crippen LogP contribution in [0.3, 0.4) is 0 Å². The second-order valence-electron chi connectivity index (χ2n) is 4.40. The van der Waals surface area contributed by atoms with Crippen molar-refractivity contribution in [3.8, 4) is 11.4 Å².